The predicted molar refractivity (Wildman–Crippen MR) is 75.0 cm³/mol. The number of hydrogen-bond acceptors (Lipinski definition) is 6. The van der Waals surface area contributed by atoms with Crippen LogP contribution in [-0.2, 0) is 16.1 Å². The molecule has 2 rings (SSSR count). The largest absolute Gasteiger partial charge is 0.468 e. The maximum absolute atomic E-state index is 11.9. The molecule has 1 aliphatic rings. The normalized spacial score (nSPS) is 18.0. The Hall–Kier alpha value is -1.60. The zero-order valence-electron chi connectivity index (χ0n) is 11.2. The molecule has 0 saturated carbocycles. The van der Waals surface area contributed by atoms with Crippen molar-refractivity contribution in [1.82, 2.24) is 15.1 Å². The summed E-state index contributed by atoms with van der Waals surface area (Å²) in [6.07, 6.45) is 3.69. The molecule has 0 aromatic carbocycles. The maximum Gasteiger partial charge on any atom is 0.327 e. The maximum atomic E-state index is 11.9. The van der Waals surface area contributed by atoms with E-state index < -0.39 is 11.5 Å². The summed E-state index contributed by atoms with van der Waals surface area (Å²) in [6.45, 7) is 1.44. The van der Waals surface area contributed by atoms with E-state index in [1.807, 2.05) is 0 Å². The van der Waals surface area contributed by atoms with E-state index in [4.69, 9.17) is 11.6 Å². The highest BCUT2D eigenvalue weighted by Crippen LogP contribution is 2.16. The summed E-state index contributed by atoms with van der Waals surface area (Å²) in [5.74, 6) is -0.550. The van der Waals surface area contributed by atoms with E-state index in [1.54, 1.807) is 0 Å². The van der Waals surface area contributed by atoms with Gasteiger partial charge in [-0.25, -0.2) is 4.68 Å². The van der Waals surface area contributed by atoms with Crippen LogP contribution in [0.5, 0.6) is 0 Å². The number of ether oxygens (including phenoxy) is 1. The zero-order valence-corrected chi connectivity index (χ0v) is 11.9. The van der Waals surface area contributed by atoms with Gasteiger partial charge in [0.15, 0.2) is 0 Å². The second-order valence-electron chi connectivity index (χ2n) is 4.59. The highest BCUT2D eigenvalue weighted by Gasteiger charge is 2.16. The summed E-state index contributed by atoms with van der Waals surface area (Å²) in [7, 11) is 1.25. The van der Waals surface area contributed by atoms with Crippen LogP contribution >= 0.6 is 11.6 Å². The second-order valence-corrected chi connectivity index (χ2v) is 4.96. The molecule has 20 heavy (non-hydrogen) atoms. The third-order valence-corrected chi connectivity index (χ3v) is 3.56. The van der Waals surface area contributed by atoms with Gasteiger partial charge in [-0.3, -0.25) is 9.59 Å². The fourth-order valence-electron chi connectivity index (χ4n) is 2.05. The first-order chi connectivity index (χ1) is 9.61. The van der Waals surface area contributed by atoms with E-state index in [9.17, 15) is 9.59 Å². The number of halogens is 1. The molecule has 1 aromatic rings. The van der Waals surface area contributed by atoms with Gasteiger partial charge in [0.1, 0.15) is 11.6 Å². The van der Waals surface area contributed by atoms with Gasteiger partial charge in [0, 0.05) is 12.6 Å². The SMILES string of the molecule is COC(=O)Cn1ncc(NCC2CCCN2)c(Cl)c1=O. The van der Waals surface area contributed by atoms with E-state index in [0.717, 1.165) is 24.1 Å². The number of carbonyl (C=O) groups is 1. The lowest BCUT2D eigenvalue weighted by atomic mass is 10.2. The molecule has 7 nitrogen and oxygen atoms in total. The third kappa shape index (κ3) is 3.49. The molecule has 110 valence electrons. The number of rotatable bonds is 5. The Kier molecular flexibility index (Phi) is 4.97. The van der Waals surface area contributed by atoms with Gasteiger partial charge < -0.3 is 15.4 Å². The lowest BCUT2D eigenvalue weighted by molar-refractivity contribution is -0.141. The van der Waals surface area contributed by atoms with Crippen LogP contribution in [0.4, 0.5) is 5.69 Å². The van der Waals surface area contributed by atoms with Crippen molar-refractivity contribution in [2.24, 2.45) is 0 Å². The van der Waals surface area contributed by atoms with Gasteiger partial charge in [0.25, 0.3) is 5.56 Å². The standard InChI is InChI=1S/C12H17ClN4O3/c1-20-10(18)7-17-12(19)11(13)9(6-16-17)15-5-8-3-2-4-14-8/h6,8,14-15H,2-5,7H2,1H3. The highest BCUT2D eigenvalue weighted by atomic mass is 35.5. The Morgan fingerprint density at radius 2 is 2.50 bits per heavy atom. The number of methoxy groups -OCH3 is 1. The van der Waals surface area contributed by atoms with Crippen LogP contribution in [0.2, 0.25) is 5.02 Å². The van der Waals surface area contributed by atoms with Gasteiger partial charge >= 0.3 is 5.97 Å². The van der Waals surface area contributed by atoms with Crippen molar-refractivity contribution in [3.8, 4) is 0 Å². The number of carbonyl (C=O) groups excluding carboxylic acids is 1. The number of anilines is 1. The zero-order chi connectivity index (χ0) is 14.5. The van der Waals surface area contributed by atoms with Crippen LogP contribution < -0.4 is 16.2 Å². The molecule has 1 aliphatic heterocycles. The molecule has 0 aliphatic carbocycles. The molecule has 1 aromatic heterocycles. The minimum absolute atomic E-state index is 0.0295. The fourth-order valence-corrected chi connectivity index (χ4v) is 2.27. The Labute approximate surface area is 121 Å². The van der Waals surface area contributed by atoms with E-state index in [0.29, 0.717) is 18.3 Å². The average molecular weight is 301 g/mol. The van der Waals surface area contributed by atoms with Gasteiger partial charge in [0.2, 0.25) is 0 Å². The Morgan fingerprint density at radius 3 is 3.15 bits per heavy atom. The molecule has 0 radical (unpaired) electrons. The topological polar surface area (TPSA) is 85.2 Å². The molecule has 2 heterocycles. The Bertz CT molecular complexity index is 540. The van der Waals surface area contributed by atoms with Crippen molar-refractivity contribution in [2.45, 2.75) is 25.4 Å². The van der Waals surface area contributed by atoms with Gasteiger partial charge in [-0.1, -0.05) is 11.6 Å². The molecule has 1 atom stereocenters. The van der Waals surface area contributed by atoms with Gasteiger partial charge in [-0.2, -0.15) is 5.10 Å². The van der Waals surface area contributed by atoms with Crippen LogP contribution in [0.3, 0.4) is 0 Å². The molecule has 0 amide bonds. The van der Waals surface area contributed by atoms with Gasteiger partial charge in [0.05, 0.1) is 19.0 Å². The number of esters is 1. The van der Waals surface area contributed by atoms with E-state index in [-0.39, 0.29) is 11.6 Å². The first-order valence-electron chi connectivity index (χ1n) is 6.41. The van der Waals surface area contributed by atoms with Crippen LogP contribution in [-0.4, -0.2) is 42.0 Å². The molecule has 1 unspecified atom stereocenters. The summed E-state index contributed by atoms with van der Waals surface area (Å²) in [5.41, 5.74) is -0.0343. The number of hydrogen-bond donors (Lipinski definition) is 2. The quantitative estimate of drug-likeness (QED) is 0.758. The Morgan fingerprint density at radius 1 is 1.70 bits per heavy atom. The van der Waals surface area contributed by atoms with E-state index in [1.165, 1.54) is 13.3 Å². The van der Waals surface area contributed by atoms with Crippen molar-refractivity contribution < 1.29 is 9.53 Å². The summed E-state index contributed by atoms with van der Waals surface area (Å²) in [5, 5.41) is 10.4. The van der Waals surface area contributed by atoms with Crippen molar-refractivity contribution >= 4 is 23.3 Å². The van der Waals surface area contributed by atoms with Gasteiger partial charge in [-0.15, -0.1) is 0 Å². The monoisotopic (exact) mass is 300 g/mol. The molecular weight excluding hydrogens is 284 g/mol. The molecule has 0 spiro atoms. The van der Waals surface area contributed by atoms with Crippen molar-refractivity contribution in [3.63, 3.8) is 0 Å². The number of aromatic nitrogens is 2. The second kappa shape index (κ2) is 6.71. The fraction of sp³-hybridized carbons (Fsp3) is 0.583. The summed E-state index contributed by atoms with van der Waals surface area (Å²) >= 11 is 6.00. The summed E-state index contributed by atoms with van der Waals surface area (Å²) in [4.78, 5) is 23.1. The van der Waals surface area contributed by atoms with Gasteiger partial charge in [-0.05, 0) is 19.4 Å². The lowest BCUT2D eigenvalue weighted by Gasteiger charge is -2.13. The summed E-state index contributed by atoms with van der Waals surface area (Å²) < 4.78 is 5.47. The lowest BCUT2D eigenvalue weighted by Crippen LogP contribution is -2.31. The summed E-state index contributed by atoms with van der Waals surface area (Å²) in [6, 6.07) is 0.378. The first kappa shape index (κ1) is 14.8. The molecule has 1 fully saturated rings. The molecule has 1 saturated heterocycles. The van der Waals surface area contributed by atoms with Crippen molar-refractivity contribution in [2.75, 3.05) is 25.5 Å². The smallest absolute Gasteiger partial charge is 0.327 e. The predicted octanol–water partition coefficient (Wildman–Crippen LogP) is 0.234. The van der Waals surface area contributed by atoms with Crippen molar-refractivity contribution in [3.05, 3.63) is 21.6 Å². The third-order valence-electron chi connectivity index (χ3n) is 3.19. The van der Waals surface area contributed by atoms with E-state index in [2.05, 4.69) is 20.5 Å². The minimum atomic E-state index is -0.550. The first-order valence-corrected chi connectivity index (χ1v) is 6.79. The molecular formula is C12H17ClN4O3. The van der Waals surface area contributed by atoms with E-state index >= 15 is 0 Å². The van der Waals surface area contributed by atoms with Crippen LogP contribution in [0, 0.1) is 0 Å². The van der Waals surface area contributed by atoms with Crippen LogP contribution in [0.1, 0.15) is 12.8 Å². The Balaban J connectivity index is 2.05. The number of nitrogens with zero attached hydrogens (tertiary/aromatic N) is 2. The van der Waals surface area contributed by atoms with Crippen LogP contribution in [0.15, 0.2) is 11.0 Å². The average Bonchev–Trinajstić information content (AvgIpc) is 2.96. The molecule has 2 N–H and O–H groups in total. The van der Waals surface area contributed by atoms with Crippen LogP contribution in [0.25, 0.3) is 0 Å². The van der Waals surface area contributed by atoms with Crippen molar-refractivity contribution in [1.29, 1.82) is 0 Å². The number of nitrogens with one attached hydrogen (secondary N) is 2. The highest BCUT2D eigenvalue weighted by molar-refractivity contribution is 6.32. The minimum Gasteiger partial charge on any atom is -0.468 e. The molecule has 0 bridgehead atoms. The molecule has 8 heteroatoms.